The van der Waals surface area contributed by atoms with Crippen LogP contribution in [-0.4, -0.2) is 38.4 Å². The van der Waals surface area contributed by atoms with Crippen molar-refractivity contribution in [3.63, 3.8) is 0 Å². The van der Waals surface area contributed by atoms with Crippen molar-refractivity contribution < 1.29 is 9.47 Å². The van der Waals surface area contributed by atoms with Crippen LogP contribution in [-0.2, 0) is 12.8 Å². The molecule has 4 aromatic rings. The molecule has 0 aliphatic carbocycles. The van der Waals surface area contributed by atoms with E-state index in [-0.39, 0.29) is 0 Å². The summed E-state index contributed by atoms with van der Waals surface area (Å²) in [7, 11) is 0. The highest BCUT2D eigenvalue weighted by Gasteiger charge is 2.11. The van der Waals surface area contributed by atoms with E-state index >= 15 is 0 Å². The Morgan fingerprint density at radius 2 is 0.909 bits per heavy atom. The molecule has 0 radical (unpaired) electrons. The molecule has 44 heavy (non-hydrogen) atoms. The number of benzene rings is 4. The van der Waals surface area contributed by atoms with Crippen molar-refractivity contribution in [3.8, 4) is 11.5 Å². The Kier molecular flexibility index (Phi) is 13.3. The van der Waals surface area contributed by atoms with Crippen LogP contribution in [0.5, 0.6) is 11.5 Å². The van der Waals surface area contributed by atoms with E-state index in [0.717, 1.165) is 37.4 Å². The van der Waals surface area contributed by atoms with E-state index in [1.54, 1.807) is 0 Å². The summed E-state index contributed by atoms with van der Waals surface area (Å²) in [6.07, 6.45) is 6.38. The second-order valence-corrected chi connectivity index (χ2v) is 11.2. The zero-order valence-corrected chi connectivity index (χ0v) is 26.8. The molecule has 4 nitrogen and oxygen atoms in total. The van der Waals surface area contributed by atoms with Gasteiger partial charge in [-0.05, 0) is 98.2 Å². The van der Waals surface area contributed by atoms with Crippen molar-refractivity contribution in [1.82, 2.24) is 10.6 Å². The van der Waals surface area contributed by atoms with Gasteiger partial charge in [0.05, 0.1) is 0 Å². The summed E-state index contributed by atoms with van der Waals surface area (Å²) in [5.41, 5.74) is 7.42. The van der Waals surface area contributed by atoms with Crippen LogP contribution in [0.2, 0.25) is 0 Å². The van der Waals surface area contributed by atoms with Gasteiger partial charge in [-0.2, -0.15) is 0 Å². The first-order valence-corrected chi connectivity index (χ1v) is 15.9. The smallest absolute Gasteiger partial charge is 0.119 e. The Balaban J connectivity index is 1.22. The molecule has 0 saturated carbocycles. The van der Waals surface area contributed by atoms with E-state index in [1.807, 2.05) is 0 Å². The molecule has 0 heterocycles. The molecule has 0 fully saturated rings. The highest BCUT2D eigenvalue weighted by Crippen LogP contribution is 2.33. The second kappa shape index (κ2) is 17.9. The van der Waals surface area contributed by atoms with Gasteiger partial charge in [0.15, 0.2) is 0 Å². The molecule has 2 atom stereocenters. The maximum Gasteiger partial charge on any atom is 0.119 e. The van der Waals surface area contributed by atoms with Gasteiger partial charge in [0.1, 0.15) is 24.7 Å². The number of rotatable bonds is 17. The molecule has 4 heteroatoms. The summed E-state index contributed by atoms with van der Waals surface area (Å²) in [4.78, 5) is 0. The van der Waals surface area contributed by atoms with Crippen LogP contribution in [0.15, 0.2) is 121 Å². The summed E-state index contributed by atoms with van der Waals surface area (Å²) in [5.74, 6) is 1.77. The monoisotopic (exact) mass is 588 g/mol. The highest BCUT2D eigenvalue weighted by atomic mass is 16.5. The Morgan fingerprint density at radius 3 is 1.25 bits per heavy atom. The van der Waals surface area contributed by atoms with Gasteiger partial charge in [-0.3, -0.25) is 0 Å². The number of ether oxygens (including phenoxy) is 2. The molecular formula is C40H48N2O2. The lowest BCUT2D eigenvalue weighted by atomic mass is 9.92. The fourth-order valence-electron chi connectivity index (χ4n) is 5.44. The molecule has 0 saturated heterocycles. The van der Waals surface area contributed by atoms with Crippen LogP contribution >= 0.6 is 0 Å². The van der Waals surface area contributed by atoms with Crippen LogP contribution < -0.4 is 20.1 Å². The SMILES string of the molecule is C/C=C(\C(=C\C)c1ccc(OCCNC(C)Cc2ccccc2)cc1)c1ccc(OCCNC(C)Cc2ccccc2)cc1. The Bertz CT molecular complexity index is 1320. The van der Waals surface area contributed by atoms with E-state index in [0.29, 0.717) is 25.3 Å². The zero-order chi connectivity index (χ0) is 31.0. The van der Waals surface area contributed by atoms with Gasteiger partial charge in [-0.25, -0.2) is 0 Å². The maximum atomic E-state index is 6.02. The molecule has 4 rings (SSSR count). The quantitative estimate of drug-likeness (QED) is 0.0960. The van der Waals surface area contributed by atoms with E-state index in [4.69, 9.17) is 9.47 Å². The van der Waals surface area contributed by atoms with Gasteiger partial charge >= 0.3 is 0 Å². The van der Waals surface area contributed by atoms with Gasteiger partial charge in [0, 0.05) is 25.2 Å². The molecule has 0 amide bonds. The van der Waals surface area contributed by atoms with Crippen molar-refractivity contribution >= 4 is 11.1 Å². The standard InChI is InChI=1S/C40H48N2O2/c1-5-39(35-17-21-37(22-18-35)43-27-25-41-31(3)29-33-13-9-7-10-14-33)40(6-2)36-19-23-38(24-20-36)44-28-26-42-32(4)30-34-15-11-8-12-16-34/h5-24,31-32,41-42H,25-30H2,1-4H3/b39-5-,40-6+. The average Bonchev–Trinajstić information content (AvgIpc) is 3.06. The highest BCUT2D eigenvalue weighted by molar-refractivity contribution is 6.04. The zero-order valence-electron chi connectivity index (χ0n) is 26.8. The van der Waals surface area contributed by atoms with Crippen LogP contribution in [0.4, 0.5) is 0 Å². The van der Waals surface area contributed by atoms with Gasteiger partial charge in [0.2, 0.25) is 0 Å². The molecule has 0 spiro atoms. The predicted octanol–water partition coefficient (Wildman–Crippen LogP) is 8.39. The minimum absolute atomic E-state index is 0.400. The predicted molar refractivity (Wildman–Crippen MR) is 186 cm³/mol. The minimum atomic E-state index is 0.400. The van der Waals surface area contributed by atoms with E-state index in [9.17, 15) is 0 Å². The fourth-order valence-corrected chi connectivity index (χ4v) is 5.44. The maximum absolute atomic E-state index is 6.02. The molecule has 2 unspecified atom stereocenters. The second-order valence-electron chi connectivity index (χ2n) is 11.2. The number of hydrogen-bond acceptors (Lipinski definition) is 4. The van der Waals surface area contributed by atoms with Crippen molar-refractivity contribution in [2.24, 2.45) is 0 Å². The molecular weight excluding hydrogens is 540 g/mol. The largest absolute Gasteiger partial charge is 0.492 e. The molecule has 0 aliphatic rings. The topological polar surface area (TPSA) is 42.5 Å². The Morgan fingerprint density at radius 1 is 0.545 bits per heavy atom. The molecule has 2 N–H and O–H groups in total. The number of allylic oxidation sites excluding steroid dienone is 4. The van der Waals surface area contributed by atoms with E-state index in [1.165, 1.54) is 33.4 Å². The van der Waals surface area contributed by atoms with Crippen LogP contribution in [0.3, 0.4) is 0 Å². The van der Waals surface area contributed by atoms with Gasteiger partial charge < -0.3 is 20.1 Å². The molecule has 0 bridgehead atoms. The van der Waals surface area contributed by atoms with Gasteiger partial charge in [-0.1, -0.05) is 97.1 Å². The normalized spacial score (nSPS) is 13.4. The summed E-state index contributed by atoms with van der Waals surface area (Å²) >= 11 is 0. The van der Waals surface area contributed by atoms with E-state index in [2.05, 4.69) is 160 Å². The summed E-state index contributed by atoms with van der Waals surface area (Å²) in [6.45, 7) is 11.5. The van der Waals surface area contributed by atoms with Crippen molar-refractivity contribution in [2.45, 2.75) is 52.6 Å². The van der Waals surface area contributed by atoms with E-state index < -0.39 is 0 Å². The van der Waals surface area contributed by atoms with Crippen molar-refractivity contribution in [1.29, 1.82) is 0 Å². The van der Waals surface area contributed by atoms with Gasteiger partial charge in [-0.15, -0.1) is 0 Å². The average molecular weight is 589 g/mol. The molecule has 0 aliphatic heterocycles. The van der Waals surface area contributed by atoms with Crippen molar-refractivity contribution in [2.75, 3.05) is 26.3 Å². The molecule has 0 aromatic heterocycles. The third-order valence-electron chi connectivity index (χ3n) is 7.69. The molecule has 4 aromatic carbocycles. The lowest BCUT2D eigenvalue weighted by Crippen LogP contribution is -2.31. The minimum Gasteiger partial charge on any atom is -0.492 e. The Labute approximate surface area is 264 Å². The van der Waals surface area contributed by atoms with Crippen LogP contribution in [0.1, 0.15) is 49.9 Å². The molecule has 230 valence electrons. The summed E-state index contributed by atoms with van der Waals surface area (Å²) in [6, 6.07) is 38.8. The first-order chi connectivity index (χ1) is 21.6. The summed E-state index contributed by atoms with van der Waals surface area (Å²) < 4.78 is 12.0. The first kappa shape index (κ1) is 32.8. The number of nitrogens with one attached hydrogen (secondary N) is 2. The first-order valence-electron chi connectivity index (χ1n) is 15.9. The van der Waals surface area contributed by atoms with Crippen LogP contribution in [0, 0.1) is 0 Å². The third kappa shape index (κ3) is 10.6. The lowest BCUT2D eigenvalue weighted by Gasteiger charge is -2.16. The lowest BCUT2D eigenvalue weighted by molar-refractivity contribution is 0.306. The third-order valence-corrected chi connectivity index (χ3v) is 7.69. The Hall–Kier alpha value is -4.12. The fraction of sp³-hybridized carbons (Fsp3) is 0.300. The van der Waals surface area contributed by atoms with Gasteiger partial charge in [0.25, 0.3) is 0 Å². The van der Waals surface area contributed by atoms with Crippen molar-refractivity contribution in [3.05, 3.63) is 144 Å². The summed E-state index contributed by atoms with van der Waals surface area (Å²) in [5, 5.41) is 7.12. The van der Waals surface area contributed by atoms with Crippen LogP contribution in [0.25, 0.3) is 11.1 Å². The number of hydrogen-bond donors (Lipinski definition) is 2.